The molecule has 0 radical (unpaired) electrons. The van der Waals surface area contributed by atoms with Gasteiger partial charge in [0.2, 0.25) is 5.88 Å². The van der Waals surface area contributed by atoms with Crippen LogP contribution in [0.25, 0.3) is 77.3 Å². The summed E-state index contributed by atoms with van der Waals surface area (Å²) in [5, 5.41) is 5.97. The van der Waals surface area contributed by atoms with Gasteiger partial charge in [-0.05, 0) is 65.7 Å². The largest absolute Gasteiger partial charge is 0.440 e. The summed E-state index contributed by atoms with van der Waals surface area (Å²) in [6, 6.07) is 45.1. The van der Waals surface area contributed by atoms with E-state index in [1.54, 1.807) is 0 Å². The second-order valence-corrected chi connectivity index (χ2v) is 10.5. The smallest absolute Gasteiger partial charge is 0.205 e. The van der Waals surface area contributed by atoms with Crippen LogP contribution in [-0.4, -0.2) is 14.1 Å². The van der Waals surface area contributed by atoms with E-state index in [9.17, 15) is 0 Å². The predicted molar refractivity (Wildman–Crippen MR) is 168 cm³/mol. The van der Waals surface area contributed by atoms with E-state index in [4.69, 9.17) is 4.42 Å². The van der Waals surface area contributed by atoms with Gasteiger partial charge in [0, 0.05) is 39.2 Å². The van der Waals surface area contributed by atoms with Gasteiger partial charge in [-0.25, -0.2) is 0 Å². The lowest BCUT2D eigenvalue weighted by Crippen LogP contribution is -1.93. The van der Waals surface area contributed by atoms with Crippen molar-refractivity contribution in [2.24, 2.45) is 0 Å². The number of hydrogen-bond donors (Lipinski definition) is 0. The van der Waals surface area contributed by atoms with Crippen LogP contribution < -0.4 is 0 Å². The van der Waals surface area contributed by atoms with E-state index in [-0.39, 0.29) is 0 Å². The maximum Gasteiger partial charge on any atom is 0.205 e. The zero-order valence-corrected chi connectivity index (χ0v) is 22.0. The molecule has 4 aromatic heterocycles. The molecule has 0 bridgehead atoms. The highest BCUT2D eigenvalue weighted by Gasteiger charge is 2.17. The number of hydrogen-bond acceptors (Lipinski definition) is 2. The van der Waals surface area contributed by atoms with Gasteiger partial charge in [0.1, 0.15) is 5.58 Å². The highest BCUT2D eigenvalue weighted by Crippen LogP contribution is 2.38. The predicted octanol–water partition coefficient (Wildman–Crippen LogP) is 9.69. The summed E-state index contributed by atoms with van der Waals surface area (Å²) >= 11 is 0. The van der Waals surface area contributed by atoms with Crippen molar-refractivity contribution in [1.82, 2.24) is 14.1 Å². The summed E-state index contributed by atoms with van der Waals surface area (Å²) in [6.07, 6.45) is 3.74. The van der Waals surface area contributed by atoms with Crippen molar-refractivity contribution in [3.05, 3.63) is 140 Å². The molecule has 9 rings (SSSR count). The number of benzene rings is 5. The molecule has 0 amide bonds. The van der Waals surface area contributed by atoms with Crippen LogP contribution in [0.1, 0.15) is 0 Å². The van der Waals surface area contributed by atoms with Crippen LogP contribution in [0.4, 0.5) is 0 Å². The maximum absolute atomic E-state index is 6.33. The SMILES string of the molecule is c1cncc(-n2c3ccccc3c3cc(-c4ccc5c(c4)c4ccccc4n5-c4cc5ccccc5o4)ccc32)c1. The average Bonchev–Trinajstić information content (AvgIpc) is 3.70. The molecule has 4 heteroatoms. The molecule has 4 nitrogen and oxygen atoms in total. The minimum atomic E-state index is 0.829. The molecule has 0 unspecified atom stereocenters. The number of nitrogens with zero attached hydrogens (tertiary/aromatic N) is 3. The Morgan fingerprint density at radius 3 is 1.78 bits per heavy atom. The first-order valence-electron chi connectivity index (χ1n) is 13.8. The van der Waals surface area contributed by atoms with E-state index in [0.29, 0.717) is 0 Å². The summed E-state index contributed by atoms with van der Waals surface area (Å²) in [6.45, 7) is 0. The van der Waals surface area contributed by atoms with E-state index in [2.05, 4.69) is 117 Å². The minimum absolute atomic E-state index is 0.829. The van der Waals surface area contributed by atoms with E-state index in [0.717, 1.165) is 33.6 Å². The Morgan fingerprint density at radius 1 is 0.488 bits per heavy atom. The second kappa shape index (κ2) is 8.44. The summed E-state index contributed by atoms with van der Waals surface area (Å²) in [7, 11) is 0. The Kier molecular flexibility index (Phi) is 4.58. The van der Waals surface area contributed by atoms with E-state index in [1.165, 1.54) is 43.7 Å². The summed E-state index contributed by atoms with van der Waals surface area (Å²) in [5.41, 5.74) is 8.94. The fraction of sp³-hybridized carbons (Fsp3) is 0. The molecule has 0 fully saturated rings. The van der Waals surface area contributed by atoms with Crippen molar-refractivity contribution in [1.29, 1.82) is 0 Å². The van der Waals surface area contributed by atoms with Crippen molar-refractivity contribution in [2.75, 3.05) is 0 Å². The maximum atomic E-state index is 6.33. The van der Waals surface area contributed by atoms with Crippen LogP contribution in [0.15, 0.2) is 144 Å². The zero-order valence-electron chi connectivity index (χ0n) is 22.0. The van der Waals surface area contributed by atoms with Gasteiger partial charge in [0.05, 0.1) is 34.0 Å². The number of aromatic nitrogens is 3. The molecule has 4 heterocycles. The van der Waals surface area contributed by atoms with E-state index < -0.39 is 0 Å². The molecular weight excluding hydrogens is 502 g/mol. The Balaban J connectivity index is 1.26. The van der Waals surface area contributed by atoms with Crippen LogP contribution in [0, 0.1) is 0 Å². The van der Waals surface area contributed by atoms with Gasteiger partial charge in [0.25, 0.3) is 0 Å². The third kappa shape index (κ3) is 3.25. The van der Waals surface area contributed by atoms with Gasteiger partial charge in [-0.3, -0.25) is 9.55 Å². The van der Waals surface area contributed by atoms with Crippen molar-refractivity contribution in [3.8, 4) is 22.7 Å². The summed E-state index contributed by atoms with van der Waals surface area (Å²) < 4.78 is 10.9. The number of rotatable bonds is 3. The van der Waals surface area contributed by atoms with Gasteiger partial charge in [0.15, 0.2) is 0 Å². The molecular formula is C37H23N3O. The van der Waals surface area contributed by atoms with Gasteiger partial charge in [-0.2, -0.15) is 0 Å². The number of fused-ring (bicyclic) bond motifs is 7. The van der Waals surface area contributed by atoms with Crippen LogP contribution in [-0.2, 0) is 0 Å². The number of pyridine rings is 1. The fourth-order valence-corrected chi connectivity index (χ4v) is 6.38. The highest BCUT2D eigenvalue weighted by atomic mass is 16.4. The first-order chi connectivity index (χ1) is 20.3. The Hall–Kier alpha value is -5.61. The summed E-state index contributed by atoms with van der Waals surface area (Å²) in [5.74, 6) is 0.829. The Morgan fingerprint density at radius 2 is 1.10 bits per heavy atom. The Labute approximate surface area is 235 Å². The molecule has 9 aromatic rings. The lowest BCUT2D eigenvalue weighted by Gasteiger charge is -2.08. The van der Waals surface area contributed by atoms with Gasteiger partial charge in [-0.1, -0.05) is 66.7 Å². The zero-order chi connectivity index (χ0) is 26.9. The van der Waals surface area contributed by atoms with Crippen molar-refractivity contribution in [3.63, 3.8) is 0 Å². The standard InChI is InChI=1S/C37H23N3O/c1-6-14-36-26(8-1)22-37(41-36)40-33-13-5-3-11-29(33)31-21-25(16-18-35(31)40)24-15-17-34-30(20-24)28-10-2-4-12-32(28)39(34)27-9-7-19-38-23-27/h1-23H. The van der Waals surface area contributed by atoms with E-state index >= 15 is 0 Å². The molecule has 0 aliphatic rings. The third-order valence-corrected chi connectivity index (χ3v) is 8.22. The molecule has 0 atom stereocenters. The lowest BCUT2D eigenvalue weighted by molar-refractivity contribution is 0.590. The molecule has 5 aromatic carbocycles. The van der Waals surface area contributed by atoms with Crippen molar-refractivity contribution >= 4 is 54.6 Å². The monoisotopic (exact) mass is 525 g/mol. The van der Waals surface area contributed by atoms with Crippen LogP contribution in [0.5, 0.6) is 0 Å². The third-order valence-electron chi connectivity index (χ3n) is 8.22. The summed E-state index contributed by atoms with van der Waals surface area (Å²) in [4.78, 5) is 4.38. The molecule has 0 saturated carbocycles. The van der Waals surface area contributed by atoms with Crippen LogP contribution in [0.3, 0.4) is 0 Å². The minimum Gasteiger partial charge on any atom is -0.440 e. The van der Waals surface area contributed by atoms with Crippen molar-refractivity contribution < 1.29 is 4.42 Å². The van der Waals surface area contributed by atoms with E-state index in [1.807, 2.05) is 36.7 Å². The van der Waals surface area contributed by atoms with Gasteiger partial charge in [-0.15, -0.1) is 0 Å². The lowest BCUT2D eigenvalue weighted by atomic mass is 10.0. The van der Waals surface area contributed by atoms with Crippen LogP contribution in [0.2, 0.25) is 0 Å². The number of furan rings is 1. The highest BCUT2D eigenvalue weighted by molar-refractivity contribution is 6.12. The van der Waals surface area contributed by atoms with Crippen LogP contribution >= 0.6 is 0 Å². The molecule has 0 spiro atoms. The molecule has 0 N–H and O–H groups in total. The second-order valence-electron chi connectivity index (χ2n) is 10.5. The first kappa shape index (κ1) is 22.2. The quantitative estimate of drug-likeness (QED) is 0.230. The van der Waals surface area contributed by atoms with Gasteiger partial charge < -0.3 is 8.98 Å². The molecule has 41 heavy (non-hydrogen) atoms. The average molecular weight is 526 g/mol. The normalized spacial score (nSPS) is 11.9. The topological polar surface area (TPSA) is 35.9 Å². The number of para-hydroxylation sites is 3. The molecule has 192 valence electrons. The Bertz CT molecular complexity index is 2390. The fourth-order valence-electron chi connectivity index (χ4n) is 6.38. The first-order valence-corrected chi connectivity index (χ1v) is 13.8. The molecule has 0 aliphatic heterocycles. The van der Waals surface area contributed by atoms with Crippen molar-refractivity contribution in [2.45, 2.75) is 0 Å². The van der Waals surface area contributed by atoms with Gasteiger partial charge >= 0.3 is 0 Å². The molecule has 0 saturated heterocycles. The molecule has 0 aliphatic carbocycles.